The van der Waals surface area contributed by atoms with Crippen LogP contribution in [-0.4, -0.2) is 41.0 Å². The Bertz CT molecular complexity index is 867. The highest BCUT2D eigenvalue weighted by Gasteiger charge is 2.25. The fourth-order valence-corrected chi connectivity index (χ4v) is 3.59. The van der Waals surface area contributed by atoms with Gasteiger partial charge in [0.05, 0.1) is 17.4 Å². The molecule has 0 aliphatic carbocycles. The Morgan fingerprint density at radius 2 is 1.93 bits per heavy atom. The van der Waals surface area contributed by atoms with E-state index in [1.54, 1.807) is 40.0 Å². The van der Waals surface area contributed by atoms with E-state index in [0.717, 1.165) is 31.7 Å². The lowest BCUT2D eigenvalue weighted by Gasteiger charge is -2.29. The van der Waals surface area contributed by atoms with Crippen LogP contribution in [0.15, 0.2) is 18.3 Å². The lowest BCUT2D eigenvalue weighted by atomic mass is 10.1. The standard InChI is InChI=1S/C21H28N4O3/c1-13(2)28-21(27)17-14(3)18(23-15(17)4)20(26)24-16-9-8-10-22-19(16)25-11-6-5-7-12-25/h8-10,13,23H,5-7,11-12H2,1-4H3,(H,24,26). The predicted octanol–water partition coefficient (Wildman–Crippen LogP) is 3.83. The van der Waals surface area contributed by atoms with Crippen LogP contribution in [-0.2, 0) is 4.74 Å². The number of aryl methyl sites for hydroxylation is 1. The molecular weight excluding hydrogens is 356 g/mol. The molecule has 0 bridgehead atoms. The molecule has 0 atom stereocenters. The number of nitrogens with one attached hydrogen (secondary N) is 2. The smallest absolute Gasteiger partial charge is 0.340 e. The van der Waals surface area contributed by atoms with Crippen LogP contribution >= 0.6 is 0 Å². The number of amides is 1. The van der Waals surface area contributed by atoms with Crippen LogP contribution in [0.4, 0.5) is 11.5 Å². The van der Waals surface area contributed by atoms with Crippen LogP contribution in [0.3, 0.4) is 0 Å². The molecule has 0 radical (unpaired) electrons. The van der Waals surface area contributed by atoms with E-state index in [9.17, 15) is 9.59 Å². The van der Waals surface area contributed by atoms with E-state index in [0.29, 0.717) is 28.2 Å². The first-order valence-corrected chi connectivity index (χ1v) is 9.80. The van der Waals surface area contributed by atoms with Crippen molar-refractivity contribution in [2.45, 2.75) is 53.1 Å². The maximum absolute atomic E-state index is 12.9. The van der Waals surface area contributed by atoms with Gasteiger partial charge in [-0.25, -0.2) is 9.78 Å². The summed E-state index contributed by atoms with van der Waals surface area (Å²) in [5.41, 5.74) is 2.66. The SMILES string of the molecule is Cc1[nH]c(C(=O)Nc2cccnc2N2CCCCC2)c(C)c1C(=O)OC(C)C. The van der Waals surface area contributed by atoms with Crippen LogP contribution in [0.25, 0.3) is 0 Å². The van der Waals surface area contributed by atoms with Gasteiger partial charge in [0.25, 0.3) is 5.91 Å². The lowest BCUT2D eigenvalue weighted by molar-refractivity contribution is 0.0376. The van der Waals surface area contributed by atoms with Gasteiger partial charge >= 0.3 is 5.97 Å². The Morgan fingerprint density at radius 3 is 2.61 bits per heavy atom. The first-order chi connectivity index (χ1) is 13.4. The molecule has 0 aromatic carbocycles. The van der Waals surface area contributed by atoms with Crippen molar-refractivity contribution in [3.05, 3.63) is 40.8 Å². The van der Waals surface area contributed by atoms with E-state index < -0.39 is 5.97 Å². The van der Waals surface area contributed by atoms with Crippen molar-refractivity contribution in [2.75, 3.05) is 23.3 Å². The van der Waals surface area contributed by atoms with Crippen LogP contribution in [0.1, 0.15) is 65.2 Å². The second-order valence-electron chi connectivity index (χ2n) is 7.46. The summed E-state index contributed by atoms with van der Waals surface area (Å²) < 4.78 is 5.30. The third-order valence-electron chi connectivity index (χ3n) is 4.90. The van der Waals surface area contributed by atoms with Crippen molar-refractivity contribution in [3.8, 4) is 0 Å². The zero-order chi connectivity index (χ0) is 20.3. The summed E-state index contributed by atoms with van der Waals surface area (Å²) in [6, 6.07) is 3.66. The monoisotopic (exact) mass is 384 g/mol. The van der Waals surface area contributed by atoms with E-state index in [2.05, 4.69) is 20.2 Å². The van der Waals surface area contributed by atoms with E-state index in [-0.39, 0.29) is 12.0 Å². The lowest BCUT2D eigenvalue weighted by Crippen LogP contribution is -2.31. The number of ether oxygens (including phenoxy) is 1. The predicted molar refractivity (Wildman–Crippen MR) is 109 cm³/mol. The largest absolute Gasteiger partial charge is 0.459 e. The van der Waals surface area contributed by atoms with Crippen LogP contribution in [0, 0.1) is 13.8 Å². The van der Waals surface area contributed by atoms with Crippen LogP contribution in [0.2, 0.25) is 0 Å². The quantitative estimate of drug-likeness (QED) is 0.765. The fourth-order valence-electron chi connectivity index (χ4n) is 3.59. The average Bonchev–Trinajstić information content (AvgIpc) is 2.96. The number of piperidine rings is 1. The molecule has 1 aliphatic rings. The molecule has 0 unspecified atom stereocenters. The molecule has 0 saturated carbocycles. The number of hydrogen-bond acceptors (Lipinski definition) is 5. The van der Waals surface area contributed by atoms with Crippen molar-refractivity contribution < 1.29 is 14.3 Å². The number of carbonyl (C=O) groups is 2. The molecule has 28 heavy (non-hydrogen) atoms. The van der Waals surface area contributed by atoms with Gasteiger partial charge in [0.1, 0.15) is 5.69 Å². The van der Waals surface area contributed by atoms with Crippen molar-refractivity contribution in [1.29, 1.82) is 0 Å². The summed E-state index contributed by atoms with van der Waals surface area (Å²) in [6.07, 6.45) is 4.99. The second kappa shape index (κ2) is 8.46. The van der Waals surface area contributed by atoms with E-state index in [1.165, 1.54) is 6.42 Å². The molecule has 1 saturated heterocycles. The molecule has 2 aromatic rings. The number of rotatable bonds is 5. The molecule has 2 aromatic heterocycles. The first-order valence-electron chi connectivity index (χ1n) is 9.80. The molecule has 150 valence electrons. The van der Waals surface area contributed by atoms with Crippen molar-refractivity contribution in [2.24, 2.45) is 0 Å². The fraction of sp³-hybridized carbons (Fsp3) is 0.476. The number of carbonyl (C=O) groups excluding carboxylic acids is 2. The van der Waals surface area contributed by atoms with Gasteiger partial charge in [-0.3, -0.25) is 4.79 Å². The summed E-state index contributed by atoms with van der Waals surface area (Å²) in [5.74, 6) is 0.0714. The number of esters is 1. The molecule has 1 amide bonds. The third-order valence-corrected chi connectivity index (χ3v) is 4.90. The molecular formula is C21H28N4O3. The van der Waals surface area contributed by atoms with Gasteiger partial charge < -0.3 is 19.9 Å². The highest BCUT2D eigenvalue weighted by Crippen LogP contribution is 2.27. The third kappa shape index (κ3) is 4.18. The summed E-state index contributed by atoms with van der Waals surface area (Å²) in [7, 11) is 0. The maximum Gasteiger partial charge on any atom is 0.340 e. The molecule has 7 nitrogen and oxygen atoms in total. The van der Waals surface area contributed by atoms with E-state index >= 15 is 0 Å². The second-order valence-corrected chi connectivity index (χ2v) is 7.46. The minimum Gasteiger partial charge on any atom is -0.459 e. The highest BCUT2D eigenvalue weighted by atomic mass is 16.5. The van der Waals surface area contributed by atoms with Gasteiger partial charge in [-0.1, -0.05) is 0 Å². The van der Waals surface area contributed by atoms with Crippen LogP contribution in [0.5, 0.6) is 0 Å². The number of anilines is 2. The minimum absolute atomic E-state index is 0.221. The van der Waals surface area contributed by atoms with Gasteiger partial charge in [-0.2, -0.15) is 0 Å². The summed E-state index contributed by atoms with van der Waals surface area (Å²) >= 11 is 0. The Hall–Kier alpha value is -2.83. The first kappa shape index (κ1) is 19.9. The molecule has 0 spiro atoms. The molecule has 7 heteroatoms. The summed E-state index contributed by atoms with van der Waals surface area (Å²) in [4.78, 5) is 35.0. The highest BCUT2D eigenvalue weighted by molar-refractivity contribution is 6.07. The zero-order valence-electron chi connectivity index (χ0n) is 17.0. The number of pyridine rings is 1. The normalized spacial score (nSPS) is 14.2. The number of hydrogen-bond donors (Lipinski definition) is 2. The minimum atomic E-state index is -0.421. The van der Waals surface area contributed by atoms with Gasteiger partial charge in [-0.05, 0) is 64.7 Å². The van der Waals surface area contributed by atoms with Gasteiger partial charge in [0.15, 0.2) is 5.82 Å². The molecule has 1 fully saturated rings. The Morgan fingerprint density at radius 1 is 1.21 bits per heavy atom. The number of aromatic amines is 1. The molecule has 2 N–H and O–H groups in total. The van der Waals surface area contributed by atoms with Crippen molar-refractivity contribution >= 4 is 23.4 Å². The zero-order valence-corrected chi connectivity index (χ0v) is 17.0. The van der Waals surface area contributed by atoms with Gasteiger partial charge in [-0.15, -0.1) is 0 Å². The maximum atomic E-state index is 12.9. The van der Waals surface area contributed by atoms with Crippen LogP contribution < -0.4 is 10.2 Å². The van der Waals surface area contributed by atoms with E-state index in [4.69, 9.17) is 4.74 Å². The molecule has 3 heterocycles. The van der Waals surface area contributed by atoms with Crippen molar-refractivity contribution in [3.63, 3.8) is 0 Å². The molecule has 3 rings (SSSR count). The van der Waals surface area contributed by atoms with E-state index in [1.807, 2.05) is 6.07 Å². The summed E-state index contributed by atoms with van der Waals surface area (Å²) in [5, 5.41) is 2.96. The Balaban J connectivity index is 1.84. The Labute approximate surface area is 165 Å². The average molecular weight is 384 g/mol. The van der Waals surface area contributed by atoms with Gasteiger partial charge in [0, 0.05) is 25.0 Å². The topological polar surface area (TPSA) is 87.3 Å². The summed E-state index contributed by atoms with van der Waals surface area (Å²) in [6.45, 7) is 8.99. The Kier molecular flexibility index (Phi) is 6.02. The number of aromatic nitrogens is 2. The molecule has 1 aliphatic heterocycles. The number of nitrogens with zero attached hydrogens (tertiary/aromatic N) is 2. The van der Waals surface area contributed by atoms with Gasteiger partial charge in [0.2, 0.25) is 0 Å². The van der Waals surface area contributed by atoms with Crippen molar-refractivity contribution in [1.82, 2.24) is 9.97 Å². The number of H-pyrrole nitrogens is 1.